The Morgan fingerprint density at radius 2 is 0.513 bits per heavy atom. The average Bonchev–Trinajstić information content (AvgIpc) is 3.44. The Morgan fingerprint density at radius 1 is 0.269 bits per heavy atom. The summed E-state index contributed by atoms with van der Waals surface area (Å²) in [5.41, 5.74) is 0. The second-order valence-electron chi connectivity index (χ2n) is 22.3. The first-order valence-electron chi connectivity index (χ1n) is 33.6. The molecule has 0 bridgehead atoms. The molecular weight excluding hydrogens is 961 g/mol. The molecule has 0 aromatic rings. The number of unbranched alkanes of at least 4 members (excludes halogenated alkanes) is 36. The van der Waals surface area contributed by atoms with Gasteiger partial charge >= 0.3 is 17.9 Å². The summed E-state index contributed by atoms with van der Waals surface area (Å²) >= 11 is 0. The minimum atomic E-state index is -0.786. The molecule has 1 atom stereocenters. The van der Waals surface area contributed by atoms with Crippen LogP contribution in [-0.2, 0) is 28.6 Å². The van der Waals surface area contributed by atoms with Crippen LogP contribution >= 0.6 is 0 Å². The van der Waals surface area contributed by atoms with E-state index in [9.17, 15) is 14.4 Å². The van der Waals surface area contributed by atoms with Crippen molar-refractivity contribution in [3.05, 3.63) is 85.1 Å². The summed E-state index contributed by atoms with van der Waals surface area (Å²) in [5.74, 6) is -0.886. The van der Waals surface area contributed by atoms with Crippen LogP contribution in [0.1, 0.15) is 335 Å². The van der Waals surface area contributed by atoms with Gasteiger partial charge in [0.2, 0.25) is 0 Å². The Labute approximate surface area is 484 Å². The number of carbonyl (C=O) groups excluding carboxylic acids is 3. The lowest BCUT2D eigenvalue weighted by molar-refractivity contribution is -0.167. The Kier molecular flexibility index (Phi) is 63.2. The van der Waals surface area contributed by atoms with Crippen LogP contribution in [0.5, 0.6) is 0 Å². The van der Waals surface area contributed by atoms with Gasteiger partial charge in [-0.2, -0.15) is 0 Å². The summed E-state index contributed by atoms with van der Waals surface area (Å²) in [5, 5.41) is 0. The molecule has 0 N–H and O–H groups in total. The first-order chi connectivity index (χ1) is 38.5. The molecule has 1 unspecified atom stereocenters. The van der Waals surface area contributed by atoms with Gasteiger partial charge in [-0.25, -0.2) is 0 Å². The van der Waals surface area contributed by atoms with Crippen molar-refractivity contribution in [1.82, 2.24) is 0 Å². The maximum absolute atomic E-state index is 12.9. The Morgan fingerprint density at radius 3 is 0.833 bits per heavy atom. The van der Waals surface area contributed by atoms with Gasteiger partial charge in [0.1, 0.15) is 13.2 Å². The van der Waals surface area contributed by atoms with Crippen molar-refractivity contribution in [1.29, 1.82) is 0 Å². The van der Waals surface area contributed by atoms with Crippen LogP contribution in [0, 0.1) is 0 Å². The largest absolute Gasteiger partial charge is 0.462 e. The lowest BCUT2D eigenvalue weighted by Gasteiger charge is -2.18. The highest BCUT2D eigenvalue weighted by Gasteiger charge is 2.19. The number of hydrogen-bond donors (Lipinski definition) is 0. The summed E-state index contributed by atoms with van der Waals surface area (Å²) < 4.78 is 17.0. The third-order valence-corrected chi connectivity index (χ3v) is 14.6. The van der Waals surface area contributed by atoms with Gasteiger partial charge in [-0.15, -0.1) is 0 Å². The molecule has 0 heterocycles. The van der Waals surface area contributed by atoms with E-state index in [1.165, 1.54) is 193 Å². The Balaban J connectivity index is 4.33. The van der Waals surface area contributed by atoms with Gasteiger partial charge in [0.25, 0.3) is 0 Å². The van der Waals surface area contributed by atoms with Gasteiger partial charge in [0.15, 0.2) is 6.10 Å². The monoisotopic (exact) mass is 1090 g/mol. The van der Waals surface area contributed by atoms with E-state index < -0.39 is 6.10 Å². The van der Waals surface area contributed by atoms with Crippen molar-refractivity contribution in [2.24, 2.45) is 0 Å². The molecule has 0 aromatic heterocycles. The third-order valence-electron chi connectivity index (χ3n) is 14.6. The number of esters is 3. The first-order valence-corrected chi connectivity index (χ1v) is 33.6. The maximum atomic E-state index is 12.9. The van der Waals surface area contributed by atoms with Crippen LogP contribution in [0.15, 0.2) is 85.1 Å². The van der Waals surface area contributed by atoms with Crippen molar-refractivity contribution in [2.75, 3.05) is 13.2 Å². The van der Waals surface area contributed by atoms with Crippen molar-refractivity contribution >= 4 is 17.9 Å². The summed E-state index contributed by atoms with van der Waals surface area (Å²) in [7, 11) is 0. The second-order valence-corrected chi connectivity index (χ2v) is 22.3. The molecule has 0 spiro atoms. The molecule has 450 valence electrons. The van der Waals surface area contributed by atoms with Gasteiger partial charge in [-0.1, -0.05) is 292 Å². The number of carbonyl (C=O) groups is 3. The molecule has 0 saturated heterocycles. The van der Waals surface area contributed by atoms with E-state index in [1.807, 2.05) is 0 Å². The van der Waals surface area contributed by atoms with E-state index in [1.54, 1.807) is 0 Å². The van der Waals surface area contributed by atoms with E-state index in [2.05, 4.69) is 106 Å². The molecule has 6 heteroatoms. The molecule has 0 fully saturated rings. The summed E-state index contributed by atoms with van der Waals surface area (Å²) in [6, 6.07) is 0. The molecule has 0 aliphatic heterocycles. The molecule has 78 heavy (non-hydrogen) atoms. The second kappa shape index (κ2) is 66.1. The first kappa shape index (κ1) is 74.6. The minimum Gasteiger partial charge on any atom is -0.462 e. The van der Waals surface area contributed by atoms with Crippen molar-refractivity contribution in [3.8, 4) is 0 Å². The fourth-order valence-corrected chi connectivity index (χ4v) is 9.57. The smallest absolute Gasteiger partial charge is 0.306 e. The Hall–Kier alpha value is -3.41. The van der Waals surface area contributed by atoms with Crippen LogP contribution in [0.2, 0.25) is 0 Å². The zero-order chi connectivity index (χ0) is 56.4. The predicted octanol–water partition coefficient (Wildman–Crippen LogP) is 23.1. The fraction of sp³-hybridized carbons (Fsp3) is 0.764. The summed E-state index contributed by atoms with van der Waals surface area (Å²) in [6.07, 6.45) is 87.4. The quantitative estimate of drug-likeness (QED) is 0.0261. The molecule has 0 aliphatic carbocycles. The molecule has 0 radical (unpaired) electrons. The number of hydrogen-bond acceptors (Lipinski definition) is 6. The van der Waals surface area contributed by atoms with Gasteiger partial charge in [-0.05, 0) is 109 Å². The zero-order valence-electron chi connectivity index (χ0n) is 51.7. The van der Waals surface area contributed by atoms with Crippen LogP contribution in [-0.4, -0.2) is 37.2 Å². The van der Waals surface area contributed by atoms with Crippen LogP contribution in [0.3, 0.4) is 0 Å². The van der Waals surface area contributed by atoms with E-state index in [-0.39, 0.29) is 31.1 Å². The van der Waals surface area contributed by atoms with Gasteiger partial charge < -0.3 is 14.2 Å². The van der Waals surface area contributed by atoms with E-state index in [0.717, 1.165) is 103 Å². The van der Waals surface area contributed by atoms with Crippen molar-refractivity contribution in [2.45, 2.75) is 341 Å². The standard InChI is InChI=1S/C72H126O6/c1-4-7-10-13-16-19-22-25-28-30-32-34-36-38-40-42-44-47-50-53-56-59-62-65-71(74)77-68-69(67-76-70(73)64-61-58-55-52-49-46-27-24-21-18-15-12-9-6-3)78-72(75)66-63-60-57-54-51-48-45-43-41-39-37-35-33-31-29-26-23-20-17-14-11-8-5-2/h7,10,15-16,18-19,24-25,27-28,31-34,69H,4-6,8-9,11-14,17,20-23,26,29-30,35-68H2,1-3H3/b10-7-,18-15-,19-16-,27-24-,28-25-,33-31-,34-32-. The molecule has 0 rings (SSSR count). The van der Waals surface area contributed by atoms with Crippen molar-refractivity contribution < 1.29 is 28.6 Å². The average molecular weight is 1090 g/mol. The van der Waals surface area contributed by atoms with Crippen LogP contribution in [0.25, 0.3) is 0 Å². The number of rotatable bonds is 61. The molecule has 0 saturated carbocycles. The van der Waals surface area contributed by atoms with E-state index in [0.29, 0.717) is 19.3 Å². The van der Waals surface area contributed by atoms with Gasteiger partial charge in [-0.3, -0.25) is 14.4 Å². The maximum Gasteiger partial charge on any atom is 0.306 e. The molecule has 6 nitrogen and oxygen atoms in total. The number of ether oxygens (including phenoxy) is 3. The third kappa shape index (κ3) is 63.4. The normalized spacial score (nSPS) is 12.6. The lowest BCUT2D eigenvalue weighted by Crippen LogP contribution is -2.30. The van der Waals surface area contributed by atoms with Gasteiger partial charge in [0.05, 0.1) is 0 Å². The summed E-state index contributed by atoms with van der Waals surface area (Å²) in [6.45, 7) is 6.51. The lowest BCUT2D eigenvalue weighted by atomic mass is 10.0. The molecule has 0 amide bonds. The SMILES string of the molecule is CC/C=C\C/C=C\C/C=C\C/C=C\CCCCCCCCCCCCC(=O)OCC(COC(=O)CCCCCCC/C=C\C/C=C\CCCC)OC(=O)CCCCCCCCCCCCC/C=C\CCCCCCCCCC. The fourth-order valence-electron chi connectivity index (χ4n) is 9.57. The molecular formula is C72H126O6. The van der Waals surface area contributed by atoms with Gasteiger partial charge in [0, 0.05) is 19.3 Å². The summed E-state index contributed by atoms with van der Waals surface area (Å²) in [4.78, 5) is 38.4. The van der Waals surface area contributed by atoms with E-state index >= 15 is 0 Å². The Bertz CT molecular complexity index is 1480. The highest BCUT2D eigenvalue weighted by molar-refractivity contribution is 5.71. The molecule has 0 aromatic carbocycles. The van der Waals surface area contributed by atoms with Crippen LogP contribution < -0.4 is 0 Å². The van der Waals surface area contributed by atoms with Crippen LogP contribution in [0.4, 0.5) is 0 Å². The van der Waals surface area contributed by atoms with Crippen molar-refractivity contribution in [3.63, 3.8) is 0 Å². The minimum absolute atomic E-state index is 0.0820. The highest BCUT2D eigenvalue weighted by Crippen LogP contribution is 2.17. The zero-order valence-corrected chi connectivity index (χ0v) is 51.7. The van der Waals surface area contributed by atoms with E-state index in [4.69, 9.17) is 14.2 Å². The predicted molar refractivity (Wildman–Crippen MR) is 339 cm³/mol. The molecule has 0 aliphatic rings. The topological polar surface area (TPSA) is 78.9 Å². The highest BCUT2D eigenvalue weighted by atomic mass is 16.6. The number of allylic oxidation sites excluding steroid dienone is 14.